The first-order valence-corrected chi connectivity index (χ1v) is 20.2. The number of carbonyl (C=O) groups excluding carboxylic acids is 2. The third kappa shape index (κ3) is 30.0. The Morgan fingerprint density at radius 3 is 1.40 bits per heavy atom. The Hall–Kier alpha value is -1.87. The van der Waals surface area contributed by atoms with Crippen molar-refractivity contribution in [3.05, 3.63) is 0 Å². The predicted octanol–water partition coefficient (Wildman–Crippen LogP) is 4.08. The number of carbonyl (C=O) groups is 2. The van der Waals surface area contributed by atoms with E-state index in [1.54, 1.807) is 0 Å². The van der Waals surface area contributed by atoms with E-state index < -0.39 is 0 Å². The molecule has 0 saturated heterocycles. The Kier molecular flexibility index (Phi) is 32.7. The molecule has 0 aliphatic rings. The summed E-state index contributed by atoms with van der Waals surface area (Å²) in [6, 6.07) is -0.510. The minimum absolute atomic E-state index is 0.0259. The Labute approximate surface area is 290 Å². The fourth-order valence-electron chi connectivity index (χ4n) is 6.23. The monoisotopic (exact) mass is 669 g/mol. The van der Waals surface area contributed by atoms with Gasteiger partial charge in [0.05, 0.1) is 6.54 Å². The third-order valence-electron chi connectivity index (χ3n) is 9.43. The molecule has 0 aromatic carbocycles. The SMILES string of the molecule is CCCCCCCCCCCCCCN(CCCCCCCCCCCC)C(=O)C([NH3+])CCCCNC(=O)C([NH3+])CCC[NH+]=C(N)N. The smallest absolute Gasteiger partial charge is 0.338 e. The van der Waals surface area contributed by atoms with Crippen LogP contribution in [0.1, 0.15) is 187 Å². The van der Waals surface area contributed by atoms with Gasteiger partial charge in [-0.3, -0.25) is 26.0 Å². The largest absolute Gasteiger partial charge is 0.351 e. The molecule has 0 saturated carbocycles. The summed E-state index contributed by atoms with van der Waals surface area (Å²) >= 11 is 0. The second-order valence-electron chi connectivity index (χ2n) is 14.1. The number of unbranched alkanes of at least 4 members (excludes halogenated alkanes) is 21. The maximum atomic E-state index is 13.5. The van der Waals surface area contributed by atoms with Crippen LogP contribution in [0, 0.1) is 0 Å². The van der Waals surface area contributed by atoms with Crippen molar-refractivity contribution in [1.29, 1.82) is 0 Å². The molecule has 0 radical (unpaired) electrons. The van der Waals surface area contributed by atoms with Crippen LogP contribution in [-0.2, 0) is 9.59 Å². The molecule has 9 nitrogen and oxygen atoms in total. The Morgan fingerprint density at radius 2 is 0.979 bits per heavy atom. The van der Waals surface area contributed by atoms with Crippen LogP contribution >= 0.6 is 0 Å². The second kappa shape index (κ2) is 34.0. The molecule has 0 spiro atoms. The maximum absolute atomic E-state index is 13.5. The van der Waals surface area contributed by atoms with Crippen molar-refractivity contribution >= 4 is 17.8 Å². The van der Waals surface area contributed by atoms with Crippen molar-refractivity contribution in [3.8, 4) is 0 Å². The molecule has 2 amide bonds. The van der Waals surface area contributed by atoms with E-state index in [9.17, 15) is 9.59 Å². The quantitative estimate of drug-likeness (QED) is 0.0340. The molecule has 2 unspecified atom stereocenters. The van der Waals surface area contributed by atoms with Crippen molar-refractivity contribution in [2.45, 2.75) is 199 Å². The molecule has 2 atom stereocenters. The molecule has 0 rings (SSSR count). The van der Waals surface area contributed by atoms with Gasteiger partial charge in [-0.1, -0.05) is 142 Å². The summed E-state index contributed by atoms with van der Waals surface area (Å²) in [6.45, 7) is 7.52. The summed E-state index contributed by atoms with van der Waals surface area (Å²) in [5.74, 6) is 0.389. The molecule has 0 aromatic rings. The molecule has 0 aromatic heterocycles. The number of amides is 2. The van der Waals surface area contributed by atoms with Gasteiger partial charge in [0, 0.05) is 32.5 Å². The Morgan fingerprint density at radius 1 is 0.574 bits per heavy atom. The Bertz CT molecular complexity index is 746. The summed E-state index contributed by atoms with van der Waals surface area (Å²) in [7, 11) is 0. The van der Waals surface area contributed by atoms with E-state index >= 15 is 0 Å². The number of nitrogens with zero attached hydrogens (tertiary/aromatic N) is 1. The van der Waals surface area contributed by atoms with E-state index in [0.29, 0.717) is 19.5 Å². The number of nitrogens with one attached hydrogen (secondary N) is 2. The molecule has 0 fully saturated rings. The number of quaternary nitrogens is 2. The highest BCUT2D eigenvalue weighted by molar-refractivity contribution is 5.80. The van der Waals surface area contributed by atoms with E-state index in [4.69, 9.17) is 11.5 Å². The standard InChI is InChI=1S/C38H79N7O2/c1-3-5-7-9-11-13-15-16-18-20-22-26-33-45(32-25-21-19-17-14-12-10-8-6-4-2)37(47)35(40)28-23-24-30-43-36(46)34(39)29-27-31-44-38(41)42/h34-35H,3-33,39-40H2,1-2H3,(H,43,46)(H4,41,42,44)/p+3. The minimum Gasteiger partial charge on any atom is -0.351 e. The van der Waals surface area contributed by atoms with Gasteiger partial charge in [0.15, 0.2) is 12.1 Å². The lowest BCUT2D eigenvalue weighted by Crippen LogP contribution is -2.78. The van der Waals surface area contributed by atoms with Crippen LogP contribution in [0.2, 0.25) is 0 Å². The van der Waals surface area contributed by atoms with E-state index in [1.165, 1.54) is 128 Å². The van der Waals surface area contributed by atoms with Crippen LogP contribution in [0.5, 0.6) is 0 Å². The summed E-state index contributed by atoms with van der Waals surface area (Å²) in [5, 5.41) is 2.99. The van der Waals surface area contributed by atoms with Crippen molar-refractivity contribution in [2.24, 2.45) is 11.5 Å². The van der Waals surface area contributed by atoms with Crippen LogP contribution in [0.25, 0.3) is 0 Å². The average molecular weight is 669 g/mol. The maximum Gasteiger partial charge on any atom is 0.338 e. The first kappa shape index (κ1) is 45.1. The van der Waals surface area contributed by atoms with Crippen LogP contribution in [0.15, 0.2) is 0 Å². The molecule has 12 N–H and O–H groups in total. The third-order valence-corrected chi connectivity index (χ3v) is 9.43. The van der Waals surface area contributed by atoms with Crippen molar-refractivity contribution in [2.75, 3.05) is 26.2 Å². The molecular weight excluding hydrogens is 586 g/mol. The second-order valence-corrected chi connectivity index (χ2v) is 14.1. The average Bonchev–Trinajstić information content (AvgIpc) is 3.06. The summed E-state index contributed by atoms with van der Waals surface area (Å²) in [4.78, 5) is 30.8. The fourth-order valence-corrected chi connectivity index (χ4v) is 6.23. The minimum atomic E-state index is -0.294. The lowest BCUT2D eigenvalue weighted by molar-refractivity contribution is -0.463. The lowest BCUT2D eigenvalue weighted by Gasteiger charge is -2.24. The van der Waals surface area contributed by atoms with E-state index in [1.807, 2.05) is 0 Å². The number of hydrogen-bond acceptors (Lipinski definition) is 2. The first-order valence-electron chi connectivity index (χ1n) is 20.2. The van der Waals surface area contributed by atoms with Gasteiger partial charge in [-0.25, -0.2) is 0 Å². The molecule has 47 heavy (non-hydrogen) atoms. The first-order chi connectivity index (χ1) is 22.8. The molecule has 278 valence electrons. The van der Waals surface area contributed by atoms with Gasteiger partial charge in [-0.05, 0) is 32.1 Å². The van der Waals surface area contributed by atoms with Gasteiger partial charge < -0.3 is 21.7 Å². The van der Waals surface area contributed by atoms with Crippen molar-refractivity contribution in [1.82, 2.24) is 10.2 Å². The number of nitrogens with two attached hydrogens (primary N) is 2. The van der Waals surface area contributed by atoms with Gasteiger partial charge >= 0.3 is 5.96 Å². The summed E-state index contributed by atoms with van der Waals surface area (Å²) in [6.07, 6.45) is 32.9. The van der Waals surface area contributed by atoms with Gasteiger partial charge in [-0.15, -0.1) is 0 Å². The topological polar surface area (TPSA) is 171 Å². The zero-order valence-electron chi connectivity index (χ0n) is 31.4. The molecule has 0 aliphatic carbocycles. The summed E-state index contributed by atoms with van der Waals surface area (Å²) < 4.78 is 0. The van der Waals surface area contributed by atoms with Gasteiger partial charge in [0.25, 0.3) is 11.8 Å². The lowest BCUT2D eigenvalue weighted by atomic mass is 10.0. The zero-order valence-corrected chi connectivity index (χ0v) is 31.4. The van der Waals surface area contributed by atoms with Crippen molar-refractivity contribution in [3.63, 3.8) is 0 Å². The molecular formula is C38H82N7O2+3. The van der Waals surface area contributed by atoms with Crippen LogP contribution in [-0.4, -0.2) is 60.9 Å². The predicted molar refractivity (Wildman–Crippen MR) is 198 cm³/mol. The zero-order chi connectivity index (χ0) is 34.8. The van der Waals surface area contributed by atoms with E-state index in [2.05, 4.69) is 40.5 Å². The van der Waals surface area contributed by atoms with Gasteiger partial charge in [0.1, 0.15) is 0 Å². The highest BCUT2D eigenvalue weighted by Crippen LogP contribution is 2.14. The molecule has 9 heteroatoms. The molecule has 0 aliphatic heterocycles. The van der Waals surface area contributed by atoms with Crippen LogP contribution < -0.4 is 33.2 Å². The van der Waals surface area contributed by atoms with Gasteiger partial charge in [0.2, 0.25) is 0 Å². The van der Waals surface area contributed by atoms with Crippen LogP contribution in [0.3, 0.4) is 0 Å². The van der Waals surface area contributed by atoms with Gasteiger partial charge in [-0.2, -0.15) is 0 Å². The summed E-state index contributed by atoms with van der Waals surface area (Å²) in [5.41, 5.74) is 19.0. The van der Waals surface area contributed by atoms with Crippen LogP contribution in [0.4, 0.5) is 0 Å². The number of rotatable bonds is 35. The molecule has 0 bridgehead atoms. The van der Waals surface area contributed by atoms with E-state index in [-0.39, 0.29) is 29.9 Å². The Balaban J connectivity index is 4.40. The normalized spacial score (nSPS) is 12.5. The number of guanidine groups is 1. The fraction of sp³-hybridized carbons (Fsp3) is 0.921. The van der Waals surface area contributed by atoms with E-state index in [0.717, 1.165) is 51.6 Å². The highest BCUT2D eigenvalue weighted by Gasteiger charge is 2.23. The number of hydrogen-bond donors (Lipinski definition) is 6. The highest BCUT2D eigenvalue weighted by atomic mass is 16.2. The van der Waals surface area contributed by atoms with Crippen molar-refractivity contribution < 1.29 is 26.0 Å². The molecule has 0 heterocycles.